The Bertz CT molecular complexity index is 742. The average Bonchev–Trinajstić information content (AvgIpc) is 3.34. The molecule has 3 heteroatoms. The van der Waals surface area contributed by atoms with Crippen molar-refractivity contribution in [1.82, 2.24) is 4.98 Å². The van der Waals surface area contributed by atoms with Crippen LogP contribution in [0.3, 0.4) is 0 Å². The molecule has 9 atom stereocenters. The Morgan fingerprint density at radius 3 is 2.57 bits per heavy atom. The van der Waals surface area contributed by atoms with E-state index >= 15 is 0 Å². The summed E-state index contributed by atoms with van der Waals surface area (Å²) in [5.41, 5.74) is 1.39. The lowest BCUT2D eigenvalue weighted by molar-refractivity contribution is -0.144. The molecule has 4 aliphatic rings. The number of aliphatic hydroxyl groups is 2. The van der Waals surface area contributed by atoms with Crippen LogP contribution in [0.1, 0.15) is 90.7 Å². The van der Waals surface area contributed by atoms with Crippen molar-refractivity contribution in [3.8, 4) is 0 Å². The summed E-state index contributed by atoms with van der Waals surface area (Å²) < 4.78 is 0. The Morgan fingerprint density at radius 2 is 1.80 bits per heavy atom. The zero-order valence-corrected chi connectivity index (χ0v) is 19.4. The predicted octanol–water partition coefficient (Wildman–Crippen LogP) is 5.72. The SMILES string of the molecule is CC(O)(CCc1ccc[nH]1)[C@H]1CC[C@H]2[C@@H]3CCC4C[C@@H](O)CC[C@]4(C)[C@H]3CC[C@]12C. The number of aromatic amines is 1. The van der Waals surface area contributed by atoms with Gasteiger partial charge in [-0.05, 0) is 130 Å². The number of aliphatic hydroxyl groups excluding tert-OH is 1. The number of hydrogen-bond acceptors (Lipinski definition) is 2. The van der Waals surface area contributed by atoms with Crippen molar-refractivity contribution in [3.63, 3.8) is 0 Å². The molecule has 0 amide bonds. The predicted molar refractivity (Wildman–Crippen MR) is 121 cm³/mol. The summed E-state index contributed by atoms with van der Waals surface area (Å²) in [5.74, 6) is 3.61. The van der Waals surface area contributed by atoms with Gasteiger partial charge in [-0.2, -0.15) is 0 Å². The van der Waals surface area contributed by atoms with Crippen LogP contribution in [0.15, 0.2) is 18.3 Å². The van der Waals surface area contributed by atoms with Gasteiger partial charge in [-0.25, -0.2) is 0 Å². The van der Waals surface area contributed by atoms with E-state index in [1.54, 1.807) is 0 Å². The standard InChI is InChI=1S/C27H43NO2/c1-25-13-11-20(29)17-18(25)6-7-21-22-8-9-24(26(22,2)14-12-23(21)25)27(3,30)15-10-19-5-4-16-28-19/h4-5,16,18,20-24,28-30H,6-15,17H2,1-3H3/t18?,20-,21-,22-,23-,24-,25-,26-,27?/m0/s1. The quantitative estimate of drug-likeness (QED) is 0.591. The second-order valence-electron chi connectivity index (χ2n) is 12.3. The van der Waals surface area contributed by atoms with Gasteiger partial charge >= 0.3 is 0 Å². The molecule has 4 fully saturated rings. The summed E-state index contributed by atoms with van der Waals surface area (Å²) in [4.78, 5) is 3.31. The molecule has 0 radical (unpaired) electrons. The summed E-state index contributed by atoms with van der Waals surface area (Å²) in [7, 11) is 0. The monoisotopic (exact) mass is 413 g/mol. The van der Waals surface area contributed by atoms with Crippen molar-refractivity contribution in [3.05, 3.63) is 24.0 Å². The van der Waals surface area contributed by atoms with E-state index in [1.807, 2.05) is 6.20 Å². The Morgan fingerprint density at radius 1 is 1.03 bits per heavy atom. The normalized spacial score (nSPS) is 47.8. The first kappa shape index (κ1) is 21.1. The summed E-state index contributed by atoms with van der Waals surface area (Å²) >= 11 is 0. The molecule has 1 heterocycles. The van der Waals surface area contributed by atoms with Crippen LogP contribution in [0.2, 0.25) is 0 Å². The highest BCUT2D eigenvalue weighted by Gasteiger charge is 2.62. The summed E-state index contributed by atoms with van der Waals surface area (Å²) in [5, 5.41) is 21.9. The van der Waals surface area contributed by atoms with Crippen LogP contribution in [0.4, 0.5) is 0 Å². The maximum atomic E-state index is 11.6. The fourth-order valence-corrected chi connectivity index (χ4v) is 9.34. The minimum Gasteiger partial charge on any atom is -0.393 e. The average molecular weight is 414 g/mol. The van der Waals surface area contributed by atoms with Gasteiger partial charge in [0, 0.05) is 11.9 Å². The van der Waals surface area contributed by atoms with Crippen molar-refractivity contribution in [2.24, 2.45) is 40.4 Å². The minimum absolute atomic E-state index is 0.0564. The van der Waals surface area contributed by atoms with E-state index in [4.69, 9.17) is 0 Å². The van der Waals surface area contributed by atoms with Crippen LogP contribution in [0, 0.1) is 40.4 Å². The third-order valence-electron chi connectivity index (χ3n) is 11.0. The molecular weight excluding hydrogens is 370 g/mol. The van der Waals surface area contributed by atoms with Crippen molar-refractivity contribution in [1.29, 1.82) is 0 Å². The fraction of sp³-hybridized carbons (Fsp3) is 0.852. The number of aryl methyl sites for hydroxylation is 1. The topological polar surface area (TPSA) is 56.2 Å². The van der Waals surface area contributed by atoms with Crippen molar-refractivity contribution >= 4 is 0 Å². The smallest absolute Gasteiger partial charge is 0.0656 e. The first-order valence-corrected chi connectivity index (χ1v) is 12.8. The Labute approximate surface area is 183 Å². The number of nitrogens with one attached hydrogen (secondary N) is 1. The molecule has 4 saturated carbocycles. The Hall–Kier alpha value is -0.800. The van der Waals surface area contributed by atoms with Gasteiger partial charge in [0.1, 0.15) is 0 Å². The van der Waals surface area contributed by atoms with E-state index in [9.17, 15) is 10.2 Å². The highest BCUT2D eigenvalue weighted by atomic mass is 16.3. The van der Waals surface area contributed by atoms with Crippen LogP contribution >= 0.6 is 0 Å². The third-order valence-corrected chi connectivity index (χ3v) is 11.0. The molecule has 5 rings (SSSR count). The maximum absolute atomic E-state index is 11.6. The molecule has 168 valence electrons. The lowest BCUT2D eigenvalue weighted by atomic mass is 9.44. The molecule has 3 nitrogen and oxygen atoms in total. The van der Waals surface area contributed by atoms with Crippen LogP contribution in [0.5, 0.6) is 0 Å². The van der Waals surface area contributed by atoms with Crippen LogP contribution in [0.25, 0.3) is 0 Å². The van der Waals surface area contributed by atoms with Crippen LogP contribution in [-0.4, -0.2) is 26.9 Å². The van der Waals surface area contributed by atoms with Gasteiger partial charge in [-0.1, -0.05) is 13.8 Å². The number of hydrogen-bond donors (Lipinski definition) is 3. The number of rotatable bonds is 4. The molecule has 0 saturated heterocycles. The second kappa shape index (κ2) is 7.37. The van der Waals surface area contributed by atoms with Gasteiger partial charge in [-0.15, -0.1) is 0 Å². The van der Waals surface area contributed by atoms with E-state index in [1.165, 1.54) is 50.6 Å². The van der Waals surface area contributed by atoms with Gasteiger partial charge < -0.3 is 15.2 Å². The van der Waals surface area contributed by atoms with E-state index in [2.05, 4.69) is 37.9 Å². The van der Waals surface area contributed by atoms with Crippen molar-refractivity contribution < 1.29 is 10.2 Å². The molecule has 1 aromatic rings. The highest BCUT2D eigenvalue weighted by Crippen LogP contribution is 2.68. The maximum Gasteiger partial charge on any atom is 0.0656 e. The zero-order valence-electron chi connectivity index (χ0n) is 19.4. The van der Waals surface area contributed by atoms with Crippen molar-refractivity contribution in [2.45, 2.75) is 103 Å². The Kier molecular flexibility index (Phi) is 5.18. The summed E-state index contributed by atoms with van der Waals surface area (Å²) in [6, 6.07) is 4.19. The molecule has 0 bridgehead atoms. The number of H-pyrrole nitrogens is 1. The molecule has 30 heavy (non-hydrogen) atoms. The van der Waals surface area contributed by atoms with Gasteiger partial charge in [0.2, 0.25) is 0 Å². The van der Waals surface area contributed by atoms with E-state index in [0.29, 0.717) is 11.3 Å². The van der Waals surface area contributed by atoms with Crippen LogP contribution in [-0.2, 0) is 6.42 Å². The summed E-state index contributed by atoms with van der Waals surface area (Å²) in [6.45, 7) is 7.23. The minimum atomic E-state index is -0.586. The third kappa shape index (κ3) is 3.22. The number of aromatic nitrogens is 1. The molecule has 0 aliphatic heterocycles. The molecule has 4 aliphatic carbocycles. The van der Waals surface area contributed by atoms with Gasteiger partial charge in [0.15, 0.2) is 0 Å². The van der Waals surface area contributed by atoms with E-state index < -0.39 is 5.60 Å². The molecule has 3 N–H and O–H groups in total. The lowest BCUT2D eigenvalue weighted by Gasteiger charge is -2.61. The van der Waals surface area contributed by atoms with Gasteiger partial charge in [0.25, 0.3) is 0 Å². The second-order valence-corrected chi connectivity index (χ2v) is 12.3. The largest absolute Gasteiger partial charge is 0.393 e. The van der Waals surface area contributed by atoms with Crippen molar-refractivity contribution in [2.75, 3.05) is 0 Å². The Balaban J connectivity index is 1.34. The highest BCUT2D eigenvalue weighted by molar-refractivity contribution is 5.12. The molecule has 0 spiro atoms. The van der Waals surface area contributed by atoms with E-state index in [-0.39, 0.29) is 11.5 Å². The lowest BCUT2D eigenvalue weighted by Crippen LogP contribution is -2.55. The zero-order chi connectivity index (χ0) is 21.1. The first-order chi connectivity index (χ1) is 14.2. The molecule has 2 unspecified atom stereocenters. The molecular formula is C27H43NO2. The van der Waals surface area contributed by atoms with Crippen LogP contribution < -0.4 is 0 Å². The van der Waals surface area contributed by atoms with Gasteiger partial charge in [-0.3, -0.25) is 0 Å². The van der Waals surface area contributed by atoms with E-state index in [0.717, 1.165) is 49.4 Å². The fourth-order valence-electron chi connectivity index (χ4n) is 9.34. The first-order valence-electron chi connectivity index (χ1n) is 12.8. The molecule has 1 aromatic heterocycles. The molecule has 0 aromatic carbocycles. The van der Waals surface area contributed by atoms with Gasteiger partial charge in [0.05, 0.1) is 11.7 Å². The number of fused-ring (bicyclic) bond motifs is 5. The summed E-state index contributed by atoms with van der Waals surface area (Å²) in [6.07, 6.45) is 14.8.